The summed E-state index contributed by atoms with van der Waals surface area (Å²) in [5, 5.41) is 9.10. The molecule has 1 aromatic carbocycles. The molecule has 0 bridgehead atoms. The number of carboxylic acids is 1. The smallest absolute Gasteiger partial charge is 0.307 e. The quantitative estimate of drug-likeness (QED) is 0.825. The van der Waals surface area contributed by atoms with E-state index >= 15 is 0 Å². The maximum Gasteiger partial charge on any atom is 0.307 e. The maximum atomic E-state index is 11.1. The first-order valence-electron chi connectivity index (χ1n) is 5.58. The number of benzene rings is 1. The second kappa shape index (κ2) is 3.00. The molecular weight excluding hydrogens is 204 g/mol. The van der Waals surface area contributed by atoms with Gasteiger partial charge in [0.1, 0.15) is 5.75 Å². The van der Waals surface area contributed by atoms with Gasteiger partial charge in [-0.2, -0.15) is 0 Å². The zero-order chi connectivity index (χ0) is 11.3. The molecule has 1 N–H and O–H groups in total. The van der Waals surface area contributed by atoms with E-state index in [-0.39, 0.29) is 11.3 Å². The summed E-state index contributed by atoms with van der Waals surface area (Å²) in [6.07, 6.45) is 2.70. The van der Waals surface area contributed by atoms with E-state index in [1.54, 1.807) is 7.11 Å². The van der Waals surface area contributed by atoms with Gasteiger partial charge in [-0.1, -0.05) is 12.1 Å². The summed E-state index contributed by atoms with van der Waals surface area (Å²) in [6.45, 7) is 0. The molecular formula is C13H14O3. The maximum absolute atomic E-state index is 11.1. The van der Waals surface area contributed by atoms with Crippen molar-refractivity contribution in [2.75, 3.05) is 7.11 Å². The second-order valence-corrected chi connectivity index (χ2v) is 4.74. The zero-order valence-electron chi connectivity index (χ0n) is 9.19. The van der Waals surface area contributed by atoms with E-state index in [1.165, 1.54) is 11.1 Å². The number of hydrogen-bond acceptors (Lipinski definition) is 2. The minimum absolute atomic E-state index is 0.0737. The second-order valence-electron chi connectivity index (χ2n) is 4.74. The van der Waals surface area contributed by atoms with E-state index in [2.05, 4.69) is 6.07 Å². The Morgan fingerprint density at radius 2 is 2.38 bits per heavy atom. The van der Waals surface area contributed by atoms with Crippen molar-refractivity contribution in [2.24, 2.45) is 5.92 Å². The summed E-state index contributed by atoms with van der Waals surface area (Å²) in [7, 11) is 1.67. The highest BCUT2D eigenvalue weighted by Crippen LogP contribution is 2.62. The molecule has 0 heterocycles. The number of carboxylic acid groups (broad SMARTS) is 1. The van der Waals surface area contributed by atoms with Gasteiger partial charge in [-0.25, -0.2) is 0 Å². The van der Waals surface area contributed by atoms with E-state index in [0.29, 0.717) is 0 Å². The van der Waals surface area contributed by atoms with Crippen molar-refractivity contribution in [1.29, 1.82) is 0 Å². The van der Waals surface area contributed by atoms with Crippen LogP contribution in [0.5, 0.6) is 5.75 Å². The first kappa shape index (κ1) is 9.70. The first-order chi connectivity index (χ1) is 7.69. The van der Waals surface area contributed by atoms with Gasteiger partial charge in [-0.3, -0.25) is 4.79 Å². The monoisotopic (exact) mass is 218 g/mol. The number of methoxy groups -OCH3 is 1. The Balaban J connectivity index is 2.05. The van der Waals surface area contributed by atoms with Crippen molar-refractivity contribution < 1.29 is 14.6 Å². The molecule has 84 valence electrons. The van der Waals surface area contributed by atoms with Crippen LogP contribution in [-0.2, 0) is 16.6 Å². The minimum Gasteiger partial charge on any atom is -0.496 e. The third-order valence-electron chi connectivity index (χ3n) is 4.08. The molecule has 0 aliphatic heterocycles. The molecule has 0 aromatic heterocycles. The summed E-state index contributed by atoms with van der Waals surface area (Å²) < 4.78 is 5.33. The molecule has 3 heteroatoms. The van der Waals surface area contributed by atoms with Gasteiger partial charge in [0.15, 0.2) is 0 Å². The lowest BCUT2D eigenvalue weighted by molar-refractivity contribution is -0.139. The molecule has 0 saturated heterocycles. The zero-order valence-corrected chi connectivity index (χ0v) is 9.19. The van der Waals surface area contributed by atoms with Gasteiger partial charge in [0.2, 0.25) is 0 Å². The lowest BCUT2D eigenvalue weighted by atomic mass is 9.95. The summed E-state index contributed by atoms with van der Waals surface area (Å²) >= 11 is 0. The Labute approximate surface area is 94.0 Å². The van der Waals surface area contributed by atoms with Gasteiger partial charge < -0.3 is 9.84 Å². The summed E-state index contributed by atoms with van der Waals surface area (Å²) in [5.74, 6) is 0.0712. The summed E-state index contributed by atoms with van der Waals surface area (Å²) in [4.78, 5) is 11.1. The molecule has 1 saturated carbocycles. The summed E-state index contributed by atoms with van der Waals surface area (Å²) in [6, 6.07) is 5.98. The highest BCUT2D eigenvalue weighted by Gasteiger charge is 2.62. The fourth-order valence-electron chi connectivity index (χ4n) is 3.17. The molecule has 0 radical (unpaired) electrons. The fourth-order valence-corrected chi connectivity index (χ4v) is 3.17. The number of hydrogen-bond donors (Lipinski definition) is 1. The first-order valence-corrected chi connectivity index (χ1v) is 5.58. The SMILES string of the molecule is COc1cccc2c1CCC21CC1C(=O)O. The average molecular weight is 218 g/mol. The van der Waals surface area contributed by atoms with E-state index in [9.17, 15) is 4.79 Å². The van der Waals surface area contributed by atoms with E-state index in [4.69, 9.17) is 9.84 Å². The topological polar surface area (TPSA) is 46.5 Å². The molecule has 0 amide bonds. The Morgan fingerprint density at radius 3 is 3.00 bits per heavy atom. The fraction of sp³-hybridized carbons (Fsp3) is 0.462. The van der Waals surface area contributed by atoms with Crippen LogP contribution in [-0.4, -0.2) is 18.2 Å². The van der Waals surface area contributed by atoms with Crippen molar-refractivity contribution in [3.63, 3.8) is 0 Å². The van der Waals surface area contributed by atoms with Gasteiger partial charge >= 0.3 is 5.97 Å². The van der Waals surface area contributed by atoms with Crippen LogP contribution >= 0.6 is 0 Å². The van der Waals surface area contributed by atoms with Gasteiger partial charge in [0.25, 0.3) is 0 Å². The number of ether oxygens (including phenoxy) is 1. The normalized spacial score (nSPS) is 30.2. The molecule has 2 atom stereocenters. The van der Waals surface area contributed by atoms with E-state index in [1.807, 2.05) is 12.1 Å². The van der Waals surface area contributed by atoms with Crippen LogP contribution in [0.2, 0.25) is 0 Å². The third kappa shape index (κ3) is 1.06. The molecule has 1 fully saturated rings. The third-order valence-corrected chi connectivity index (χ3v) is 4.08. The molecule has 2 aliphatic carbocycles. The van der Waals surface area contributed by atoms with Crippen molar-refractivity contribution in [1.82, 2.24) is 0 Å². The Kier molecular flexibility index (Phi) is 1.82. The molecule has 3 rings (SSSR count). The van der Waals surface area contributed by atoms with Gasteiger partial charge in [0.05, 0.1) is 13.0 Å². The van der Waals surface area contributed by atoms with Gasteiger partial charge in [-0.05, 0) is 36.5 Å². The van der Waals surface area contributed by atoms with E-state index in [0.717, 1.165) is 25.0 Å². The van der Waals surface area contributed by atoms with E-state index < -0.39 is 5.97 Å². The lowest BCUT2D eigenvalue weighted by Gasteiger charge is -2.11. The number of rotatable bonds is 2. The minimum atomic E-state index is -0.657. The van der Waals surface area contributed by atoms with Crippen LogP contribution in [0.25, 0.3) is 0 Å². The molecule has 1 spiro atoms. The molecule has 1 aromatic rings. The molecule has 3 nitrogen and oxygen atoms in total. The highest BCUT2D eigenvalue weighted by molar-refractivity contribution is 5.78. The van der Waals surface area contributed by atoms with Crippen LogP contribution in [0.1, 0.15) is 24.0 Å². The van der Waals surface area contributed by atoms with Crippen LogP contribution in [0.3, 0.4) is 0 Å². The standard InChI is InChI=1S/C13H14O3/c1-16-11-4-2-3-9-8(11)5-6-13(9)7-10(13)12(14)15/h2-4,10H,5-7H2,1H3,(H,14,15). The Bertz CT molecular complexity index is 466. The molecule has 2 aliphatic rings. The van der Waals surface area contributed by atoms with Crippen molar-refractivity contribution >= 4 is 5.97 Å². The lowest BCUT2D eigenvalue weighted by Crippen LogP contribution is -2.11. The van der Waals surface area contributed by atoms with Crippen LogP contribution in [0.4, 0.5) is 0 Å². The number of fused-ring (bicyclic) bond motifs is 2. The molecule has 16 heavy (non-hydrogen) atoms. The summed E-state index contributed by atoms with van der Waals surface area (Å²) in [5.41, 5.74) is 2.35. The van der Waals surface area contributed by atoms with Crippen LogP contribution < -0.4 is 4.74 Å². The van der Waals surface area contributed by atoms with Crippen molar-refractivity contribution in [3.8, 4) is 5.75 Å². The van der Waals surface area contributed by atoms with Crippen molar-refractivity contribution in [3.05, 3.63) is 29.3 Å². The highest BCUT2D eigenvalue weighted by atomic mass is 16.5. The molecule has 2 unspecified atom stereocenters. The van der Waals surface area contributed by atoms with Gasteiger partial charge in [0, 0.05) is 5.41 Å². The number of carbonyl (C=O) groups is 1. The van der Waals surface area contributed by atoms with Crippen molar-refractivity contribution in [2.45, 2.75) is 24.7 Å². The number of aliphatic carboxylic acids is 1. The predicted molar refractivity (Wildman–Crippen MR) is 58.7 cm³/mol. The predicted octanol–water partition coefficient (Wildman–Crippen LogP) is 1.98. The van der Waals surface area contributed by atoms with Crippen LogP contribution in [0, 0.1) is 5.92 Å². The largest absolute Gasteiger partial charge is 0.496 e. The average Bonchev–Trinajstić information content (AvgIpc) is 2.90. The Hall–Kier alpha value is -1.51. The van der Waals surface area contributed by atoms with Gasteiger partial charge in [-0.15, -0.1) is 0 Å². The van der Waals surface area contributed by atoms with Crippen LogP contribution in [0.15, 0.2) is 18.2 Å². The Morgan fingerprint density at radius 1 is 1.56 bits per heavy atom.